The lowest BCUT2D eigenvalue weighted by molar-refractivity contribution is 0.337. The molecule has 3 aromatic rings. The maximum absolute atomic E-state index is 9.73. The van der Waals surface area contributed by atoms with Crippen LogP contribution in [-0.4, -0.2) is 21.3 Å². The summed E-state index contributed by atoms with van der Waals surface area (Å²) in [4.78, 5) is 12.3. The van der Waals surface area contributed by atoms with Crippen molar-refractivity contribution in [2.24, 2.45) is 4.99 Å². The Morgan fingerprint density at radius 3 is 2.70 bits per heavy atom. The van der Waals surface area contributed by atoms with Crippen LogP contribution >= 0.6 is 0 Å². The monoisotopic (exact) mass is 265 g/mol. The van der Waals surface area contributed by atoms with Gasteiger partial charge in [-0.25, -0.2) is 4.98 Å². The SMILES string of the molecule is Oc1oc(-c2ccccc2)nc1C=Nc1cccnc1. The quantitative estimate of drug-likeness (QED) is 0.738. The van der Waals surface area contributed by atoms with E-state index in [4.69, 9.17) is 4.42 Å². The van der Waals surface area contributed by atoms with Crippen molar-refractivity contribution < 1.29 is 9.52 Å². The van der Waals surface area contributed by atoms with Crippen molar-refractivity contribution in [2.45, 2.75) is 0 Å². The largest absolute Gasteiger partial charge is 0.479 e. The topological polar surface area (TPSA) is 71.5 Å². The average Bonchev–Trinajstić information content (AvgIpc) is 2.88. The number of benzene rings is 1. The van der Waals surface area contributed by atoms with Crippen LogP contribution in [0.3, 0.4) is 0 Å². The van der Waals surface area contributed by atoms with Crippen LogP contribution in [0.5, 0.6) is 5.95 Å². The molecule has 0 spiro atoms. The molecular weight excluding hydrogens is 254 g/mol. The van der Waals surface area contributed by atoms with Crippen molar-refractivity contribution in [3.8, 4) is 17.4 Å². The molecule has 2 heterocycles. The Balaban J connectivity index is 1.89. The average molecular weight is 265 g/mol. The lowest BCUT2D eigenvalue weighted by atomic mass is 10.2. The van der Waals surface area contributed by atoms with Crippen molar-refractivity contribution in [1.82, 2.24) is 9.97 Å². The molecule has 0 aliphatic rings. The van der Waals surface area contributed by atoms with Crippen LogP contribution in [0.15, 0.2) is 64.3 Å². The third kappa shape index (κ3) is 2.56. The van der Waals surface area contributed by atoms with Crippen LogP contribution < -0.4 is 0 Å². The van der Waals surface area contributed by atoms with E-state index in [0.29, 0.717) is 11.6 Å². The first-order valence-electron chi connectivity index (χ1n) is 6.02. The number of aliphatic imine (C=N–C) groups is 1. The number of aromatic nitrogens is 2. The van der Waals surface area contributed by atoms with Gasteiger partial charge in [0.15, 0.2) is 5.69 Å². The fourth-order valence-corrected chi connectivity index (χ4v) is 1.68. The fourth-order valence-electron chi connectivity index (χ4n) is 1.68. The van der Waals surface area contributed by atoms with E-state index in [2.05, 4.69) is 15.0 Å². The van der Waals surface area contributed by atoms with Crippen LogP contribution in [0.25, 0.3) is 11.5 Å². The Bertz CT molecular complexity index is 721. The predicted molar refractivity (Wildman–Crippen MR) is 75.1 cm³/mol. The third-order valence-corrected chi connectivity index (χ3v) is 2.64. The van der Waals surface area contributed by atoms with Crippen molar-refractivity contribution in [2.75, 3.05) is 0 Å². The molecule has 0 fully saturated rings. The number of aromatic hydroxyl groups is 1. The second-order valence-corrected chi connectivity index (χ2v) is 4.04. The molecule has 5 nitrogen and oxygen atoms in total. The maximum atomic E-state index is 9.73. The summed E-state index contributed by atoms with van der Waals surface area (Å²) in [6.07, 6.45) is 4.73. The molecule has 5 heteroatoms. The van der Waals surface area contributed by atoms with Gasteiger partial charge in [-0.05, 0) is 24.3 Å². The van der Waals surface area contributed by atoms with E-state index < -0.39 is 0 Å². The third-order valence-electron chi connectivity index (χ3n) is 2.64. The summed E-state index contributed by atoms with van der Waals surface area (Å²) >= 11 is 0. The summed E-state index contributed by atoms with van der Waals surface area (Å²) in [5, 5.41) is 9.73. The number of nitrogens with zero attached hydrogens (tertiary/aromatic N) is 3. The van der Waals surface area contributed by atoms with Gasteiger partial charge in [0.2, 0.25) is 5.89 Å². The lowest BCUT2D eigenvalue weighted by Crippen LogP contribution is -1.82. The number of pyridine rings is 1. The smallest absolute Gasteiger partial charge is 0.312 e. The first-order valence-corrected chi connectivity index (χ1v) is 6.02. The standard InChI is InChI=1S/C15H11N3O2/c19-15-13(10-17-12-7-4-8-16-9-12)18-14(20-15)11-5-2-1-3-6-11/h1-10,19H. The molecule has 98 valence electrons. The first-order chi connectivity index (χ1) is 9.83. The summed E-state index contributed by atoms with van der Waals surface area (Å²) in [5.41, 5.74) is 1.76. The summed E-state index contributed by atoms with van der Waals surface area (Å²) in [6, 6.07) is 12.9. The Labute approximate surface area is 115 Å². The molecule has 0 saturated carbocycles. The number of hydrogen-bond acceptors (Lipinski definition) is 5. The summed E-state index contributed by atoms with van der Waals surface area (Å²) in [6.45, 7) is 0. The highest BCUT2D eigenvalue weighted by atomic mass is 16.5. The van der Waals surface area contributed by atoms with Gasteiger partial charge in [0, 0.05) is 11.8 Å². The van der Waals surface area contributed by atoms with E-state index in [9.17, 15) is 5.11 Å². The zero-order chi connectivity index (χ0) is 13.8. The van der Waals surface area contributed by atoms with Gasteiger partial charge in [-0.3, -0.25) is 9.98 Å². The van der Waals surface area contributed by atoms with E-state index >= 15 is 0 Å². The van der Waals surface area contributed by atoms with Gasteiger partial charge in [-0.2, -0.15) is 0 Å². The summed E-state index contributed by atoms with van der Waals surface area (Å²) in [7, 11) is 0. The highest BCUT2D eigenvalue weighted by Gasteiger charge is 2.11. The molecule has 20 heavy (non-hydrogen) atoms. The second kappa shape index (κ2) is 5.36. The molecule has 0 saturated heterocycles. The summed E-state index contributed by atoms with van der Waals surface area (Å²) in [5.74, 6) is 0.104. The van der Waals surface area contributed by atoms with E-state index in [1.165, 1.54) is 6.21 Å². The minimum atomic E-state index is -0.253. The van der Waals surface area contributed by atoms with Gasteiger partial charge in [0.05, 0.1) is 18.1 Å². The molecule has 0 unspecified atom stereocenters. The van der Waals surface area contributed by atoms with Crippen LogP contribution in [-0.2, 0) is 0 Å². The van der Waals surface area contributed by atoms with Gasteiger partial charge in [-0.15, -0.1) is 0 Å². The van der Waals surface area contributed by atoms with Crippen molar-refractivity contribution >= 4 is 11.9 Å². The molecule has 0 atom stereocenters. The first kappa shape index (κ1) is 12.1. The molecule has 0 radical (unpaired) electrons. The van der Waals surface area contributed by atoms with Gasteiger partial charge >= 0.3 is 5.95 Å². The summed E-state index contributed by atoms with van der Waals surface area (Å²) < 4.78 is 5.23. The maximum Gasteiger partial charge on any atom is 0.312 e. The zero-order valence-electron chi connectivity index (χ0n) is 10.5. The van der Waals surface area contributed by atoms with E-state index in [-0.39, 0.29) is 11.6 Å². The van der Waals surface area contributed by atoms with Crippen LogP contribution in [0.1, 0.15) is 5.69 Å². The highest BCUT2D eigenvalue weighted by molar-refractivity contribution is 5.82. The van der Waals surface area contributed by atoms with Gasteiger partial charge < -0.3 is 9.52 Å². The number of hydrogen-bond donors (Lipinski definition) is 1. The van der Waals surface area contributed by atoms with Gasteiger partial charge in [0.25, 0.3) is 0 Å². The van der Waals surface area contributed by atoms with Crippen LogP contribution in [0.2, 0.25) is 0 Å². The Kier molecular flexibility index (Phi) is 3.24. The molecule has 0 amide bonds. The number of oxazole rings is 1. The van der Waals surface area contributed by atoms with Crippen molar-refractivity contribution in [3.05, 3.63) is 60.6 Å². The van der Waals surface area contributed by atoms with E-state index in [1.54, 1.807) is 24.5 Å². The molecule has 0 aliphatic carbocycles. The van der Waals surface area contributed by atoms with Gasteiger partial charge in [-0.1, -0.05) is 18.2 Å². The molecular formula is C15H11N3O2. The van der Waals surface area contributed by atoms with Crippen LogP contribution in [0.4, 0.5) is 5.69 Å². The fraction of sp³-hybridized carbons (Fsp3) is 0. The predicted octanol–water partition coefficient (Wildman–Crippen LogP) is 3.19. The molecule has 0 bridgehead atoms. The van der Waals surface area contributed by atoms with Crippen LogP contribution in [0, 0.1) is 0 Å². The van der Waals surface area contributed by atoms with E-state index in [1.807, 2.05) is 30.3 Å². The molecule has 3 rings (SSSR count). The molecule has 1 N–H and O–H groups in total. The molecule has 0 aliphatic heterocycles. The minimum Gasteiger partial charge on any atom is -0.479 e. The second-order valence-electron chi connectivity index (χ2n) is 4.04. The zero-order valence-corrected chi connectivity index (χ0v) is 10.5. The van der Waals surface area contributed by atoms with Gasteiger partial charge in [0.1, 0.15) is 0 Å². The Morgan fingerprint density at radius 2 is 1.95 bits per heavy atom. The normalized spacial score (nSPS) is 11.0. The van der Waals surface area contributed by atoms with Crippen molar-refractivity contribution in [3.63, 3.8) is 0 Å². The minimum absolute atomic E-state index is 0.253. The Morgan fingerprint density at radius 1 is 1.10 bits per heavy atom. The number of rotatable bonds is 3. The lowest BCUT2D eigenvalue weighted by Gasteiger charge is -1.91. The van der Waals surface area contributed by atoms with Crippen molar-refractivity contribution in [1.29, 1.82) is 0 Å². The highest BCUT2D eigenvalue weighted by Crippen LogP contribution is 2.25. The Hall–Kier alpha value is -2.95. The van der Waals surface area contributed by atoms with E-state index in [0.717, 1.165) is 5.56 Å². The molecule has 2 aromatic heterocycles. The molecule has 1 aromatic carbocycles.